The van der Waals surface area contributed by atoms with E-state index in [9.17, 15) is 4.39 Å². The molecule has 0 saturated heterocycles. The molecule has 1 atom stereocenters. The molecule has 0 fully saturated rings. The van der Waals surface area contributed by atoms with Crippen LogP contribution in [0.3, 0.4) is 0 Å². The van der Waals surface area contributed by atoms with Crippen LogP contribution in [0.25, 0.3) is 11.5 Å². The van der Waals surface area contributed by atoms with E-state index in [0.717, 1.165) is 36.3 Å². The highest BCUT2D eigenvalue weighted by Gasteiger charge is 2.25. The molecule has 0 spiro atoms. The van der Waals surface area contributed by atoms with Gasteiger partial charge in [-0.05, 0) is 61.2 Å². The highest BCUT2D eigenvalue weighted by Crippen LogP contribution is 2.31. The fraction of sp³-hybridized carbons (Fsp3) is 0.227. The second-order valence-electron chi connectivity index (χ2n) is 7.20. The van der Waals surface area contributed by atoms with Crippen molar-refractivity contribution in [3.05, 3.63) is 89.9 Å². The molecule has 0 amide bonds. The highest BCUT2D eigenvalue weighted by atomic mass is 19.1. The van der Waals surface area contributed by atoms with Crippen molar-refractivity contribution in [1.82, 2.24) is 29.9 Å². The van der Waals surface area contributed by atoms with Crippen LogP contribution in [0.1, 0.15) is 35.7 Å². The summed E-state index contributed by atoms with van der Waals surface area (Å²) in [6.45, 7) is 0.547. The average Bonchev–Trinajstić information content (AvgIpc) is 3.43. The van der Waals surface area contributed by atoms with Gasteiger partial charge in [-0.25, -0.2) is 18.7 Å². The first-order valence-electron chi connectivity index (χ1n) is 9.79. The lowest BCUT2D eigenvalue weighted by Crippen LogP contribution is -2.25. The summed E-state index contributed by atoms with van der Waals surface area (Å²) in [4.78, 5) is 4.43. The fourth-order valence-electron chi connectivity index (χ4n) is 4.01. The number of hydrogen-bond donors (Lipinski definition) is 1. The van der Waals surface area contributed by atoms with E-state index in [0.29, 0.717) is 6.54 Å². The van der Waals surface area contributed by atoms with Crippen molar-refractivity contribution >= 4 is 0 Å². The summed E-state index contributed by atoms with van der Waals surface area (Å²) in [6, 6.07) is 12.7. The Morgan fingerprint density at radius 1 is 1.10 bits per heavy atom. The molecule has 0 aliphatic heterocycles. The van der Waals surface area contributed by atoms with Gasteiger partial charge in [-0.15, -0.1) is 0 Å². The van der Waals surface area contributed by atoms with Crippen molar-refractivity contribution in [1.29, 1.82) is 0 Å². The predicted molar refractivity (Wildman–Crippen MR) is 107 cm³/mol. The Kier molecular flexibility index (Phi) is 4.65. The van der Waals surface area contributed by atoms with E-state index in [4.69, 9.17) is 0 Å². The van der Waals surface area contributed by atoms with E-state index in [2.05, 4.69) is 20.5 Å². The normalized spacial score (nSPS) is 16.0. The Morgan fingerprint density at radius 3 is 2.90 bits per heavy atom. The zero-order valence-electron chi connectivity index (χ0n) is 15.9. The van der Waals surface area contributed by atoms with E-state index >= 15 is 0 Å². The maximum atomic E-state index is 13.9. The largest absolute Gasteiger partial charge is 0.306 e. The molecule has 0 bridgehead atoms. The molecule has 7 heteroatoms. The quantitative estimate of drug-likeness (QED) is 0.566. The van der Waals surface area contributed by atoms with Crippen molar-refractivity contribution in [3.63, 3.8) is 0 Å². The summed E-state index contributed by atoms with van der Waals surface area (Å²) in [5.41, 5.74) is 4.14. The van der Waals surface area contributed by atoms with Crippen molar-refractivity contribution in [2.75, 3.05) is 0 Å². The van der Waals surface area contributed by atoms with Crippen molar-refractivity contribution < 1.29 is 4.39 Å². The molecular formula is C22H21FN6. The van der Waals surface area contributed by atoms with Gasteiger partial charge >= 0.3 is 0 Å². The van der Waals surface area contributed by atoms with Crippen LogP contribution < -0.4 is 5.32 Å². The fourth-order valence-corrected chi connectivity index (χ4v) is 4.01. The van der Waals surface area contributed by atoms with Gasteiger partial charge in [0, 0.05) is 36.7 Å². The van der Waals surface area contributed by atoms with Crippen LogP contribution in [0, 0.1) is 5.82 Å². The smallest absolute Gasteiger partial charge is 0.153 e. The van der Waals surface area contributed by atoms with Crippen LogP contribution in [0.5, 0.6) is 0 Å². The number of aromatic nitrogens is 5. The van der Waals surface area contributed by atoms with E-state index in [1.165, 1.54) is 17.3 Å². The minimum absolute atomic E-state index is 0.171. The highest BCUT2D eigenvalue weighted by molar-refractivity contribution is 5.41. The molecular weight excluding hydrogens is 367 g/mol. The summed E-state index contributed by atoms with van der Waals surface area (Å²) in [5.74, 6) is 0.588. The molecule has 0 saturated carbocycles. The van der Waals surface area contributed by atoms with Crippen LogP contribution in [-0.2, 0) is 13.0 Å². The van der Waals surface area contributed by atoms with Gasteiger partial charge in [0.05, 0.1) is 17.6 Å². The maximum absolute atomic E-state index is 13.9. The van der Waals surface area contributed by atoms with Crippen LogP contribution in [0.15, 0.2) is 67.3 Å². The summed E-state index contributed by atoms with van der Waals surface area (Å²) in [7, 11) is 0. The van der Waals surface area contributed by atoms with Gasteiger partial charge in [0.1, 0.15) is 5.82 Å². The third-order valence-electron chi connectivity index (χ3n) is 5.38. The summed E-state index contributed by atoms with van der Waals surface area (Å²) < 4.78 is 17.6. The summed E-state index contributed by atoms with van der Waals surface area (Å²) in [5, 5.41) is 12.5. The van der Waals surface area contributed by atoms with E-state index in [1.807, 2.05) is 41.3 Å². The number of pyridine rings is 1. The first kappa shape index (κ1) is 17.8. The van der Waals surface area contributed by atoms with Crippen LogP contribution in [0.4, 0.5) is 4.39 Å². The number of halogens is 1. The van der Waals surface area contributed by atoms with Crippen molar-refractivity contribution in [3.8, 4) is 11.5 Å². The van der Waals surface area contributed by atoms with Gasteiger partial charge in [0.2, 0.25) is 0 Å². The van der Waals surface area contributed by atoms with E-state index < -0.39 is 0 Å². The molecule has 0 unspecified atom stereocenters. The molecule has 1 aromatic carbocycles. The zero-order valence-corrected chi connectivity index (χ0v) is 15.9. The molecule has 1 N–H and O–H groups in total. The Labute approximate surface area is 168 Å². The number of fused-ring (bicyclic) bond motifs is 1. The summed E-state index contributed by atoms with van der Waals surface area (Å²) in [6.07, 6.45) is 10.4. The maximum Gasteiger partial charge on any atom is 0.153 e. The first-order chi connectivity index (χ1) is 14.3. The third-order valence-corrected chi connectivity index (χ3v) is 5.38. The molecule has 3 aromatic heterocycles. The lowest BCUT2D eigenvalue weighted by Gasteiger charge is -2.24. The molecule has 0 radical (unpaired) electrons. The lowest BCUT2D eigenvalue weighted by atomic mass is 9.92. The number of nitrogens with one attached hydrogen (secondary N) is 1. The molecule has 146 valence electrons. The molecule has 29 heavy (non-hydrogen) atoms. The van der Waals surface area contributed by atoms with Gasteiger partial charge in [-0.1, -0.05) is 6.07 Å². The predicted octanol–water partition coefficient (Wildman–Crippen LogP) is 3.76. The molecule has 4 aromatic rings. The van der Waals surface area contributed by atoms with E-state index in [1.54, 1.807) is 29.2 Å². The Hall–Kier alpha value is -3.32. The second kappa shape index (κ2) is 7.60. The first-order valence-corrected chi connectivity index (χ1v) is 9.79. The van der Waals surface area contributed by atoms with Gasteiger partial charge in [-0.3, -0.25) is 0 Å². The standard InChI is InChI=1S/C22H21FN6/c23-17-8-9-20(28-12-4-11-26-28)16(13-17)14-25-19-5-3-6-21-18(19)15-27-29(21)22-7-1-2-10-24-22/h1-2,4,7-13,15,19,25H,3,5-6,14H2/t19-/m1/s1. The number of benzene rings is 1. The molecule has 1 aliphatic rings. The van der Waals surface area contributed by atoms with Gasteiger partial charge in [0.15, 0.2) is 5.82 Å². The number of rotatable bonds is 5. The average molecular weight is 388 g/mol. The number of nitrogens with zero attached hydrogens (tertiary/aromatic N) is 5. The second-order valence-corrected chi connectivity index (χ2v) is 7.20. The van der Waals surface area contributed by atoms with E-state index in [-0.39, 0.29) is 11.9 Å². The van der Waals surface area contributed by atoms with Crippen LogP contribution >= 0.6 is 0 Å². The molecule has 1 aliphatic carbocycles. The lowest BCUT2D eigenvalue weighted by molar-refractivity contribution is 0.453. The van der Waals surface area contributed by atoms with Crippen molar-refractivity contribution in [2.24, 2.45) is 0 Å². The Balaban J connectivity index is 1.40. The molecule has 3 heterocycles. The Morgan fingerprint density at radius 2 is 2.07 bits per heavy atom. The Bertz CT molecular complexity index is 1100. The number of hydrogen-bond acceptors (Lipinski definition) is 4. The third kappa shape index (κ3) is 3.45. The van der Waals surface area contributed by atoms with Crippen LogP contribution in [-0.4, -0.2) is 24.5 Å². The topological polar surface area (TPSA) is 60.6 Å². The van der Waals surface area contributed by atoms with Crippen LogP contribution in [0.2, 0.25) is 0 Å². The minimum Gasteiger partial charge on any atom is -0.306 e. The summed E-state index contributed by atoms with van der Waals surface area (Å²) >= 11 is 0. The van der Waals surface area contributed by atoms with Gasteiger partial charge in [-0.2, -0.15) is 10.2 Å². The zero-order chi connectivity index (χ0) is 19.6. The SMILES string of the molecule is Fc1ccc(-n2cccn2)c(CN[C@@H]2CCCc3c2cnn3-c2ccccn2)c1. The molecule has 6 nitrogen and oxygen atoms in total. The monoisotopic (exact) mass is 388 g/mol. The minimum atomic E-state index is -0.245. The molecule has 5 rings (SSSR count). The van der Waals surface area contributed by atoms with Gasteiger partial charge < -0.3 is 5.32 Å². The van der Waals surface area contributed by atoms with Crippen molar-refractivity contribution in [2.45, 2.75) is 31.8 Å². The van der Waals surface area contributed by atoms with Gasteiger partial charge in [0.25, 0.3) is 0 Å².